The van der Waals surface area contributed by atoms with Gasteiger partial charge in [0, 0.05) is 13.1 Å². The average Bonchev–Trinajstić information content (AvgIpc) is 2.86. The molecular weight excluding hydrogens is 336 g/mol. The van der Waals surface area contributed by atoms with Crippen LogP contribution in [0.1, 0.15) is 32.3 Å². The van der Waals surface area contributed by atoms with Crippen LogP contribution in [0.25, 0.3) is 12.2 Å². The Bertz CT molecular complexity index is 935. The standard InChI is InChI=1S/C19H22N2O3S/c1-4-6-11-24-15-8-7-14(12-16(15)23-5-2)13-17-19(22)21(3)18(25-17)9-10-20/h7-9,12-13H,4-6,11H2,1-3H3/b17-13-,18-9-. The van der Waals surface area contributed by atoms with Gasteiger partial charge in [0.1, 0.15) is 4.66 Å². The quantitative estimate of drug-likeness (QED) is 0.712. The summed E-state index contributed by atoms with van der Waals surface area (Å²) in [5.41, 5.74) is 0.737. The van der Waals surface area contributed by atoms with Crippen molar-refractivity contribution in [3.8, 4) is 17.6 Å². The molecule has 0 aliphatic carbocycles. The van der Waals surface area contributed by atoms with E-state index in [2.05, 4.69) is 6.92 Å². The first-order valence-corrected chi connectivity index (χ1v) is 9.09. The molecular formula is C19H22N2O3S. The van der Waals surface area contributed by atoms with Gasteiger partial charge in [0.15, 0.2) is 11.5 Å². The van der Waals surface area contributed by atoms with Crippen molar-refractivity contribution in [3.63, 3.8) is 0 Å². The topological polar surface area (TPSA) is 64.2 Å². The van der Waals surface area contributed by atoms with Crippen molar-refractivity contribution in [2.75, 3.05) is 13.2 Å². The molecule has 0 bridgehead atoms. The molecule has 0 fully saturated rings. The smallest absolute Gasteiger partial charge is 0.268 e. The Balaban J connectivity index is 2.42. The minimum absolute atomic E-state index is 0.118. The molecule has 6 heteroatoms. The van der Waals surface area contributed by atoms with Crippen molar-refractivity contribution in [1.29, 1.82) is 5.26 Å². The van der Waals surface area contributed by atoms with Gasteiger partial charge in [-0.15, -0.1) is 11.3 Å². The zero-order chi connectivity index (χ0) is 18.2. The molecule has 0 spiro atoms. The predicted octanol–water partition coefficient (Wildman–Crippen LogP) is 2.16. The number of ether oxygens (including phenoxy) is 2. The lowest BCUT2D eigenvalue weighted by Gasteiger charge is -2.12. The number of nitrogens with zero attached hydrogens (tertiary/aromatic N) is 2. The predicted molar refractivity (Wildman–Crippen MR) is 100 cm³/mol. The van der Waals surface area contributed by atoms with Crippen LogP contribution in [0.3, 0.4) is 0 Å². The van der Waals surface area contributed by atoms with Crippen molar-refractivity contribution in [2.24, 2.45) is 7.05 Å². The fraction of sp³-hybridized carbons (Fsp3) is 0.368. The summed E-state index contributed by atoms with van der Waals surface area (Å²) >= 11 is 1.29. The molecule has 25 heavy (non-hydrogen) atoms. The van der Waals surface area contributed by atoms with Crippen LogP contribution in [0.15, 0.2) is 23.0 Å². The van der Waals surface area contributed by atoms with Crippen LogP contribution in [-0.2, 0) is 7.05 Å². The number of benzene rings is 1. The van der Waals surface area contributed by atoms with Crippen LogP contribution in [0.2, 0.25) is 0 Å². The molecule has 1 heterocycles. The fourth-order valence-electron chi connectivity index (χ4n) is 2.24. The monoisotopic (exact) mass is 358 g/mol. The van der Waals surface area contributed by atoms with Gasteiger partial charge in [-0.05, 0) is 37.1 Å². The van der Waals surface area contributed by atoms with Crippen molar-refractivity contribution in [1.82, 2.24) is 4.57 Å². The number of unbranched alkanes of at least 4 members (excludes halogenated alkanes) is 1. The zero-order valence-corrected chi connectivity index (χ0v) is 15.6. The third kappa shape index (κ3) is 4.74. The fourth-order valence-corrected chi connectivity index (χ4v) is 3.22. The Morgan fingerprint density at radius 3 is 2.76 bits per heavy atom. The van der Waals surface area contributed by atoms with E-state index in [4.69, 9.17) is 14.7 Å². The third-order valence-corrected chi connectivity index (χ3v) is 4.68. The van der Waals surface area contributed by atoms with E-state index in [0.29, 0.717) is 33.9 Å². The molecule has 0 aliphatic heterocycles. The van der Waals surface area contributed by atoms with Gasteiger partial charge in [-0.2, -0.15) is 5.26 Å². The van der Waals surface area contributed by atoms with Gasteiger partial charge in [0.2, 0.25) is 0 Å². The molecule has 2 rings (SSSR count). The SMILES string of the molecule is CCCCOc1ccc(/C=c2\s/c(=C\C#N)n(C)c2=O)cc1OCC. The van der Waals surface area contributed by atoms with Gasteiger partial charge in [0.05, 0.1) is 23.8 Å². The summed E-state index contributed by atoms with van der Waals surface area (Å²) in [4.78, 5) is 12.3. The second-order valence-electron chi connectivity index (χ2n) is 5.43. The largest absolute Gasteiger partial charge is 0.490 e. The summed E-state index contributed by atoms with van der Waals surface area (Å²) in [7, 11) is 1.66. The zero-order valence-electron chi connectivity index (χ0n) is 14.7. The van der Waals surface area contributed by atoms with Crippen molar-refractivity contribution in [3.05, 3.63) is 43.3 Å². The van der Waals surface area contributed by atoms with Crippen LogP contribution < -0.4 is 24.2 Å². The van der Waals surface area contributed by atoms with Gasteiger partial charge in [-0.1, -0.05) is 19.4 Å². The number of hydrogen-bond donors (Lipinski definition) is 0. The van der Waals surface area contributed by atoms with Crippen molar-refractivity contribution >= 4 is 23.5 Å². The Labute approximate surface area is 151 Å². The minimum Gasteiger partial charge on any atom is -0.490 e. The molecule has 1 aromatic carbocycles. The molecule has 0 radical (unpaired) electrons. The van der Waals surface area contributed by atoms with Crippen LogP contribution in [0.4, 0.5) is 0 Å². The van der Waals surface area contributed by atoms with E-state index in [1.54, 1.807) is 13.1 Å². The maximum absolute atomic E-state index is 12.3. The number of aromatic nitrogens is 1. The van der Waals surface area contributed by atoms with Crippen LogP contribution >= 0.6 is 11.3 Å². The van der Waals surface area contributed by atoms with E-state index in [1.165, 1.54) is 22.0 Å². The van der Waals surface area contributed by atoms with E-state index in [1.807, 2.05) is 31.2 Å². The van der Waals surface area contributed by atoms with Crippen molar-refractivity contribution in [2.45, 2.75) is 26.7 Å². The first-order valence-electron chi connectivity index (χ1n) is 8.27. The van der Waals surface area contributed by atoms with E-state index in [-0.39, 0.29) is 5.56 Å². The summed E-state index contributed by atoms with van der Waals surface area (Å²) in [6.07, 6.45) is 5.24. The average molecular weight is 358 g/mol. The van der Waals surface area contributed by atoms with Crippen LogP contribution in [-0.4, -0.2) is 17.8 Å². The molecule has 0 unspecified atom stereocenters. The summed E-state index contributed by atoms with van der Waals surface area (Å²) in [6.45, 7) is 5.23. The Kier molecular flexibility index (Phi) is 6.84. The summed E-state index contributed by atoms with van der Waals surface area (Å²) < 4.78 is 14.1. The summed E-state index contributed by atoms with van der Waals surface area (Å²) in [5, 5.41) is 8.79. The number of rotatable bonds is 7. The second kappa shape index (κ2) is 9.09. The van der Waals surface area contributed by atoms with Gasteiger partial charge in [-0.3, -0.25) is 4.79 Å². The van der Waals surface area contributed by atoms with Gasteiger partial charge < -0.3 is 14.0 Å². The lowest BCUT2D eigenvalue weighted by atomic mass is 10.2. The number of thiazole rings is 1. The molecule has 5 nitrogen and oxygen atoms in total. The highest BCUT2D eigenvalue weighted by Gasteiger charge is 2.07. The molecule has 0 atom stereocenters. The van der Waals surface area contributed by atoms with Gasteiger partial charge in [0.25, 0.3) is 5.56 Å². The van der Waals surface area contributed by atoms with E-state index >= 15 is 0 Å². The Morgan fingerprint density at radius 1 is 1.28 bits per heavy atom. The molecule has 132 valence electrons. The maximum Gasteiger partial charge on any atom is 0.268 e. The third-order valence-electron chi connectivity index (χ3n) is 3.57. The summed E-state index contributed by atoms with van der Waals surface area (Å²) in [5.74, 6) is 1.38. The highest BCUT2D eigenvalue weighted by molar-refractivity contribution is 7.07. The molecule has 0 amide bonds. The first kappa shape index (κ1) is 18.8. The van der Waals surface area contributed by atoms with E-state index in [0.717, 1.165) is 18.4 Å². The Hall–Kier alpha value is -2.52. The maximum atomic E-state index is 12.3. The van der Waals surface area contributed by atoms with E-state index in [9.17, 15) is 4.79 Å². The highest BCUT2D eigenvalue weighted by Crippen LogP contribution is 2.29. The van der Waals surface area contributed by atoms with Gasteiger partial charge in [-0.25, -0.2) is 0 Å². The molecule has 0 saturated heterocycles. The van der Waals surface area contributed by atoms with Crippen LogP contribution in [0.5, 0.6) is 11.5 Å². The van der Waals surface area contributed by atoms with Crippen LogP contribution in [0, 0.1) is 11.3 Å². The molecule has 2 aromatic rings. The molecule has 1 aromatic heterocycles. The molecule has 0 N–H and O–H groups in total. The molecule has 0 saturated carbocycles. The highest BCUT2D eigenvalue weighted by atomic mass is 32.1. The first-order chi connectivity index (χ1) is 12.1. The lowest BCUT2D eigenvalue weighted by Crippen LogP contribution is -2.28. The molecule has 0 aliphatic rings. The lowest BCUT2D eigenvalue weighted by molar-refractivity contribution is 0.272. The number of hydrogen-bond acceptors (Lipinski definition) is 5. The minimum atomic E-state index is -0.118. The van der Waals surface area contributed by atoms with Crippen molar-refractivity contribution < 1.29 is 9.47 Å². The number of nitriles is 1. The second-order valence-corrected chi connectivity index (χ2v) is 6.49. The van der Waals surface area contributed by atoms with E-state index < -0.39 is 0 Å². The van der Waals surface area contributed by atoms with Gasteiger partial charge >= 0.3 is 0 Å². The normalized spacial score (nSPS) is 12.2. The summed E-state index contributed by atoms with van der Waals surface area (Å²) in [6, 6.07) is 7.60. The Morgan fingerprint density at radius 2 is 2.08 bits per heavy atom.